The summed E-state index contributed by atoms with van der Waals surface area (Å²) in [6, 6.07) is 0. The molecule has 0 unspecified atom stereocenters. The van der Waals surface area contributed by atoms with Gasteiger partial charge in [-0.2, -0.15) is 0 Å². The van der Waals surface area contributed by atoms with Crippen LogP contribution in [0.5, 0.6) is 0 Å². The quantitative estimate of drug-likeness (QED) is 0.450. The number of hydrogen-bond donors (Lipinski definition) is 1. The molecule has 3 nitrogen and oxygen atoms in total. The lowest BCUT2D eigenvalue weighted by molar-refractivity contribution is 0.459. The molecule has 0 saturated carbocycles. The number of nitrogens with one attached hydrogen (secondary N) is 1. The monoisotopic (exact) mass is 114 g/mol. The van der Waals surface area contributed by atoms with Crippen LogP contribution in [-0.4, -0.2) is 11.0 Å². The van der Waals surface area contributed by atoms with E-state index in [0.717, 1.165) is 0 Å². The standard InChI is InChI=1S/C3H2N2OS/c7-3-5-4-1-2-6-3/h2H,(H,5,7). The summed E-state index contributed by atoms with van der Waals surface area (Å²) in [4.78, 5) is 0. The van der Waals surface area contributed by atoms with E-state index in [0.29, 0.717) is 0 Å². The van der Waals surface area contributed by atoms with Crippen molar-refractivity contribution in [2.45, 2.75) is 0 Å². The van der Waals surface area contributed by atoms with Crippen molar-refractivity contribution >= 4 is 23.3 Å². The molecule has 0 fully saturated rings. The van der Waals surface area contributed by atoms with Gasteiger partial charge in [0.15, 0.2) is 6.26 Å². The maximum absolute atomic E-state index is 4.57. The molecule has 0 atom stereocenters. The highest BCUT2D eigenvalue weighted by molar-refractivity contribution is 7.80. The maximum Gasteiger partial charge on any atom is 0.283 e. The molecule has 7 heavy (non-hydrogen) atoms. The number of ether oxygens (including phenoxy) is 1. The molecular formula is C3H2N2OS. The fraction of sp³-hybridized carbons (Fsp3) is 0. The van der Waals surface area contributed by atoms with E-state index >= 15 is 0 Å². The number of hydrazone groups is 1. The molecule has 1 heterocycles. The third kappa shape index (κ3) is 0.994. The highest BCUT2D eigenvalue weighted by Gasteiger charge is 1.90. The molecule has 0 aromatic carbocycles. The van der Waals surface area contributed by atoms with Gasteiger partial charge in [-0.15, -0.1) is 5.10 Å². The van der Waals surface area contributed by atoms with Gasteiger partial charge >= 0.3 is 0 Å². The Morgan fingerprint density at radius 2 is 2.86 bits per heavy atom. The first-order chi connectivity index (χ1) is 3.39. The molecule has 1 N–H and O–H groups in total. The minimum Gasteiger partial charge on any atom is -0.428 e. The molecule has 4 heteroatoms. The predicted molar refractivity (Wildman–Crippen MR) is 28.8 cm³/mol. The predicted octanol–water partition coefficient (Wildman–Crippen LogP) is -0.0105. The summed E-state index contributed by atoms with van der Waals surface area (Å²) in [5, 5.41) is 3.70. The average Bonchev–Trinajstić information content (AvgIpc) is 1.69. The zero-order valence-electron chi connectivity index (χ0n) is 3.34. The van der Waals surface area contributed by atoms with Gasteiger partial charge in [0.25, 0.3) is 5.17 Å². The van der Waals surface area contributed by atoms with Crippen LogP contribution in [0.2, 0.25) is 0 Å². The molecule has 0 aromatic heterocycles. The topological polar surface area (TPSA) is 33.6 Å². The van der Waals surface area contributed by atoms with E-state index in [1.807, 2.05) is 0 Å². The Labute approximate surface area is 45.7 Å². The number of hydrogen-bond acceptors (Lipinski definition) is 3. The van der Waals surface area contributed by atoms with E-state index < -0.39 is 0 Å². The van der Waals surface area contributed by atoms with Crippen LogP contribution in [0.4, 0.5) is 0 Å². The lowest BCUT2D eigenvalue weighted by Crippen LogP contribution is -2.17. The van der Waals surface area contributed by atoms with Crippen molar-refractivity contribution in [1.82, 2.24) is 5.43 Å². The fourth-order valence-electron chi connectivity index (χ4n) is 0.210. The van der Waals surface area contributed by atoms with E-state index in [1.54, 1.807) is 0 Å². The number of rotatable bonds is 0. The first-order valence-corrected chi connectivity index (χ1v) is 2.04. The minimum atomic E-state index is 0.263. The van der Waals surface area contributed by atoms with Crippen LogP contribution >= 0.6 is 12.2 Å². The molecule has 0 aliphatic carbocycles. The largest absolute Gasteiger partial charge is 0.428 e. The van der Waals surface area contributed by atoms with Gasteiger partial charge in [0.1, 0.15) is 0 Å². The van der Waals surface area contributed by atoms with E-state index in [-0.39, 0.29) is 5.17 Å². The lowest BCUT2D eigenvalue weighted by Gasteiger charge is -1.99. The zero-order chi connectivity index (χ0) is 5.11. The van der Waals surface area contributed by atoms with Crippen molar-refractivity contribution in [3.63, 3.8) is 0 Å². The van der Waals surface area contributed by atoms with Gasteiger partial charge in [0.2, 0.25) is 0 Å². The summed E-state index contributed by atoms with van der Waals surface area (Å²) in [6.45, 7) is 0. The van der Waals surface area contributed by atoms with Crippen molar-refractivity contribution < 1.29 is 4.74 Å². The summed E-state index contributed by atoms with van der Waals surface area (Å²) in [5.41, 5.74) is 2.37. The molecule has 0 spiro atoms. The third-order valence-corrected chi connectivity index (χ3v) is 0.618. The Kier molecular flexibility index (Phi) is 1.06. The second-order valence-corrected chi connectivity index (χ2v) is 1.25. The van der Waals surface area contributed by atoms with Crippen molar-refractivity contribution in [2.75, 3.05) is 0 Å². The van der Waals surface area contributed by atoms with E-state index in [9.17, 15) is 0 Å². The molecule has 1 rings (SSSR count). The Balaban J connectivity index is 2.66. The van der Waals surface area contributed by atoms with Gasteiger partial charge in [-0.05, 0) is 12.2 Å². The third-order valence-electron chi connectivity index (χ3n) is 0.430. The van der Waals surface area contributed by atoms with Crippen molar-refractivity contribution in [3.8, 4) is 0 Å². The van der Waals surface area contributed by atoms with E-state index in [2.05, 4.69) is 33.4 Å². The second-order valence-electron chi connectivity index (χ2n) is 0.876. The summed E-state index contributed by atoms with van der Waals surface area (Å²) < 4.78 is 4.57. The van der Waals surface area contributed by atoms with Gasteiger partial charge in [-0.3, -0.25) is 0 Å². The molecule has 0 aromatic rings. The van der Waals surface area contributed by atoms with Gasteiger partial charge in [0.05, 0.1) is 0 Å². The minimum absolute atomic E-state index is 0.263. The van der Waals surface area contributed by atoms with Crippen LogP contribution in [0.25, 0.3) is 0 Å². The van der Waals surface area contributed by atoms with Gasteiger partial charge in [0, 0.05) is 5.87 Å². The highest BCUT2D eigenvalue weighted by Crippen LogP contribution is 1.79. The average molecular weight is 114 g/mol. The first kappa shape index (κ1) is 4.30. The molecule has 0 amide bonds. The highest BCUT2D eigenvalue weighted by atomic mass is 32.1. The summed E-state index contributed by atoms with van der Waals surface area (Å²) in [7, 11) is 0. The molecule has 36 valence electrons. The van der Waals surface area contributed by atoms with Crippen LogP contribution < -0.4 is 5.43 Å². The number of thiocarbonyl (C=S) groups is 1. The Hall–Kier alpha value is -0.860. The van der Waals surface area contributed by atoms with Crippen LogP contribution in [-0.2, 0) is 4.74 Å². The molecule has 0 bridgehead atoms. The van der Waals surface area contributed by atoms with Gasteiger partial charge in [-0.1, -0.05) is 0 Å². The van der Waals surface area contributed by atoms with Crippen LogP contribution in [0.1, 0.15) is 0 Å². The van der Waals surface area contributed by atoms with Crippen molar-refractivity contribution in [1.29, 1.82) is 0 Å². The molecular weight excluding hydrogens is 112 g/mol. The summed E-state index contributed by atoms with van der Waals surface area (Å²) in [6.07, 6.45) is 1.29. The van der Waals surface area contributed by atoms with Crippen LogP contribution in [0.3, 0.4) is 0 Å². The SMILES string of the molecule is S=C1NN=C=CO1. The lowest BCUT2D eigenvalue weighted by atomic mass is 11.0. The first-order valence-electron chi connectivity index (χ1n) is 1.63. The Morgan fingerprint density at radius 1 is 2.00 bits per heavy atom. The van der Waals surface area contributed by atoms with Gasteiger partial charge < -0.3 is 4.74 Å². The second kappa shape index (κ2) is 1.73. The van der Waals surface area contributed by atoms with E-state index in [4.69, 9.17) is 0 Å². The Bertz CT molecular complexity index is 135. The maximum atomic E-state index is 4.57. The van der Waals surface area contributed by atoms with Crippen molar-refractivity contribution in [3.05, 3.63) is 6.26 Å². The van der Waals surface area contributed by atoms with Gasteiger partial charge in [-0.25, -0.2) is 5.43 Å². The summed E-state index contributed by atoms with van der Waals surface area (Å²) >= 11 is 4.51. The smallest absolute Gasteiger partial charge is 0.283 e. The molecule has 0 radical (unpaired) electrons. The number of nitrogens with zero attached hydrogens (tertiary/aromatic N) is 1. The normalized spacial score (nSPS) is 15.7. The van der Waals surface area contributed by atoms with E-state index in [1.165, 1.54) is 6.26 Å². The fourth-order valence-corrected chi connectivity index (χ4v) is 0.304. The van der Waals surface area contributed by atoms with Crippen LogP contribution in [0, 0.1) is 0 Å². The Morgan fingerprint density at radius 3 is 3.14 bits per heavy atom. The van der Waals surface area contributed by atoms with Crippen LogP contribution in [0.15, 0.2) is 11.4 Å². The molecule has 1 aliphatic heterocycles. The van der Waals surface area contributed by atoms with Crippen molar-refractivity contribution in [2.24, 2.45) is 5.10 Å². The summed E-state index contributed by atoms with van der Waals surface area (Å²) in [5.74, 6) is 2.39. The zero-order valence-corrected chi connectivity index (χ0v) is 4.16. The molecule has 1 aliphatic rings. The molecule has 0 saturated heterocycles.